The molecule has 13 rings (SSSR count). The molecule has 0 aliphatic carbocycles. The highest BCUT2D eigenvalue weighted by Gasteiger charge is 2.23. The van der Waals surface area contributed by atoms with Crippen molar-refractivity contribution in [3.05, 3.63) is 324 Å². The van der Waals surface area contributed by atoms with Crippen LogP contribution >= 0.6 is 0 Å². The number of fused-ring (bicyclic) bond motifs is 2. The van der Waals surface area contributed by atoms with Crippen LogP contribution in [-0.2, 0) is 25.7 Å². The van der Waals surface area contributed by atoms with Crippen molar-refractivity contribution in [1.82, 2.24) is 0 Å². The molecule has 0 fully saturated rings. The van der Waals surface area contributed by atoms with Gasteiger partial charge in [-0.3, -0.25) is 0 Å². The fourth-order valence-electron chi connectivity index (χ4n) is 11.3. The SMILES string of the molecule is c1ccc(Cc2ccc(N(c3ccc(Cc4ccccc4)cc3)c3ccc4c5cccc6c(N(c7ccc(Cc8ccccc8)cc7)c7ccc(Cc8ccccc8)cc7)ccc(c7cccc3c74)c65)cc2)cc1. The highest BCUT2D eigenvalue weighted by molar-refractivity contribution is 6.35. The van der Waals surface area contributed by atoms with Crippen LogP contribution in [0, 0.1) is 0 Å². The Kier molecular flexibility index (Phi) is 11.9. The summed E-state index contributed by atoms with van der Waals surface area (Å²) >= 11 is 0. The van der Waals surface area contributed by atoms with Crippen molar-refractivity contribution < 1.29 is 0 Å². The molecular formula is C72H54N2. The minimum absolute atomic E-state index is 0.892. The van der Waals surface area contributed by atoms with Gasteiger partial charge in [0.25, 0.3) is 0 Å². The van der Waals surface area contributed by atoms with Crippen molar-refractivity contribution >= 4 is 77.2 Å². The summed E-state index contributed by atoms with van der Waals surface area (Å²) in [6, 6.07) is 103. The number of anilines is 6. The molecule has 0 N–H and O–H groups in total. The van der Waals surface area contributed by atoms with Crippen LogP contribution in [0.1, 0.15) is 44.5 Å². The molecule has 13 aromatic rings. The van der Waals surface area contributed by atoms with Gasteiger partial charge in [0.15, 0.2) is 0 Å². The summed E-state index contributed by atoms with van der Waals surface area (Å²) in [5.74, 6) is 0. The molecule has 0 aliphatic heterocycles. The Morgan fingerprint density at radius 1 is 0.176 bits per heavy atom. The average Bonchev–Trinajstić information content (AvgIpc) is 3.46. The largest absolute Gasteiger partial charge is 0.310 e. The van der Waals surface area contributed by atoms with Crippen LogP contribution in [0.2, 0.25) is 0 Å². The second kappa shape index (κ2) is 19.8. The maximum atomic E-state index is 2.45. The third kappa shape index (κ3) is 8.82. The third-order valence-electron chi connectivity index (χ3n) is 14.9. The van der Waals surface area contributed by atoms with E-state index in [0.717, 1.165) is 59.8 Å². The summed E-state index contributed by atoms with van der Waals surface area (Å²) in [4.78, 5) is 4.91. The van der Waals surface area contributed by atoms with Crippen LogP contribution in [0.25, 0.3) is 43.1 Å². The second-order valence-electron chi connectivity index (χ2n) is 19.7. The maximum absolute atomic E-state index is 2.45. The molecule has 0 saturated carbocycles. The lowest BCUT2D eigenvalue weighted by molar-refractivity contribution is 1.18. The fourth-order valence-corrected chi connectivity index (χ4v) is 11.3. The molecule has 0 aliphatic rings. The van der Waals surface area contributed by atoms with Crippen LogP contribution < -0.4 is 9.80 Å². The van der Waals surface area contributed by atoms with E-state index in [1.807, 2.05) is 0 Å². The lowest BCUT2D eigenvalue weighted by atomic mass is 9.88. The zero-order valence-electron chi connectivity index (χ0n) is 41.3. The van der Waals surface area contributed by atoms with Crippen LogP contribution in [-0.4, -0.2) is 0 Å². The molecule has 0 aromatic heterocycles. The van der Waals surface area contributed by atoms with E-state index in [9.17, 15) is 0 Å². The highest BCUT2D eigenvalue weighted by Crippen LogP contribution is 2.49. The van der Waals surface area contributed by atoms with Crippen LogP contribution in [0.15, 0.2) is 279 Å². The normalized spacial score (nSPS) is 11.5. The molecule has 0 spiro atoms. The van der Waals surface area contributed by atoms with Gasteiger partial charge in [0.05, 0.1) is 11.4 Å². The molecule has 0 bridgehead atoms. The molecular weight excluding hydrogens is 893 g/mol. The molecule has 13 aromatic carbocycles. The second-order valence-corrected chi connectivity index (χ2v) is 19.7. The van der Waals surface area contributed by atoms with Gasteiger partial charge in [-0.1, -0.05) is 218 Å². The number of hydrogen-bond donors (Lipinski definition) is 0. The van der Waals surface area contributed by atoms with E-state index in [0.29, 0.717) is 0 Å². The Morgan fingerprint density at radius 3 is 0.676 bits per heavy atom. The van der Waals surface area contributed by atoms with Crippen LogP contribution in [0.5, 0.6) is 0 Å². The van der Waals surface area contributed by atoms with E-state index >= 15 is 0 Å². The molecule has 0 radical (unpaired) electrons. The van der Waals surface area contributed by atoms with Gasteiger partial charge in [-0.05, 0) is 163 Å². The first-order valence-corrected chi connectivity index (χ1v) is 25.9. The van der Waals surface area contributed by atoms with Gasteiger partial charge < -0.3 is 9.80 Å². The maximum Gasteiger partial charge on any atom is 0.0540 e. The van der Waals surface area contributed by atoms with Gasteiger partial charge in [-0.25, -0.2) is 0 Å². The average molecular weight is 947 g/mol. The van der Waals surface area contributed by atoms with E-state index in [4.69, 9.17) is 0 Å². The van der Waals surface area contributed by atoms with E-state index in [-0.39, 0.29) is 0 Å². The summed E-state index contributed by atoms with van der Waals surface area (Å²) in [7, 11) is 0. The fraction of sp³-hybridized carbons (Fsp3) is 0.0556. The molecule has 0 atom stereocenters. The molecule has 352 valence electrons. The molecule has 74 heavy (non-hydrogen) atoms. The van der Waals surface area contributed by atoms with Crippen molar-refractivity contribution in [3.63, 3.8) is 0 Å². The van der Waals surface area contributed by atoms with Gasteiger partial charge in [-0.15, -0.1) is 0 Å². The Bertz CT molecular complexity index is 3550. The summed E-state index contributed by atoms with van der Waals surface area (Å²) in [5.41, 5.74) is 17.2. The van der Waals surface area contributed by atoms with Gasteiger partial charge in [-0.2, -0.15) is 0 Å². The molecule has 0 saturated heterocycles. The summed E-state index contributed by atoms with van der Waals surface area (Å²) < 4.78 is 0. The monoisotopic (exact) mass is 946 g/mol. The zero-order valence-corrected chi connectivity index (χ0v) is 41.3. The lowest BCUT2D eigenvalue weighted by Crippen LogP contribution is -2.11. The van der Waals surface area contributed by atoms with Crippen LogP contribution in [0.3, 0.4) is 0 Å². The van der Waals surface area contributed by atoms with E-state index in [2.05, 4.69) is 289 Å². The Balaban J connectivity index is 0.935. The first-order valence-electron chi connectivity index (χ1n) is 25.9. The molecule has 0 amide bonds. The van der Waals surface area contributed by atoms with Gasteiger partial charge >= 0.3 is 0 Å². The first-order chi connectivity index (χ1) is 36.7. The number of nitrogens with zero attached hydrogens (tertiary/aromatic N) is 2. The molecule has 2 heteroatoms. The minimum Gasteiger partial charge on any atom is -0.310 e. The van der Waals surface area contributed by atoms with Gasteiger partial charge in [0, 0.05) is 33.5 Å². The number of benzene rings is 13. The molecule has 2 nitrogen and oxygen atoms in total. The Morgan fingerprint density at radius 2 is 0.405 bits per heavy atom. The van der Waals surface area contributed by atoms with Gasteiger partial charge in [0.2, 0.25) is 0 Å². The van der Waals surface area contributed by atoms with Crippen molar-refractivity contribution in [2.24, 2.45) is 0 Å². The Labute approximate surface area is 434 Å². The topological polar surface area (TPSA) is 6.48 Å². The van der Waals surface area contributed by atoms with E-state index in [1.54, 1.807) is 0 Å². The predicted molar refractivity (Wildman–Crippen MR) is 314 cm³/mol. The highest BCUT2D eigenvalue weighted by atomic mass is 15.1. The summed E-state index contributed by atoms with van der Waals surface area (Å²) in [5, 5.41) is 10.0. The summed E-state index contributed by atoms with van der Waals surface area (Å²) in [6.45, 7) is 0. The molecule has 0 heterocycles. The standard InChI is InChI=1S/C72H54N2/c1-5-15-51(16-6-1)47-55-27-35-59(36-28-55)73(60-37-29-56(30-38-60)48-52-17-7-2-8-18-52)69-45-43-65-64-24-14-26-68-70(46-44-66(72(64)68)63-23-13-25-67(69)71(63)65)74(61-39-31-57(32-40-61)49-53-19-9-3-10-20-53)62-41-33-58(34-42-62)50-54-21-11-4-12-22-54/h1-46H,47-50H2. The lowest BCUT2D eigenvalue weighted by Gasteiger charge is -2.29. The van der Waals surface area contributed by atoms with Crippen molar-refractivity contribution in [1.29, 1.82) is 0 Å². The minimum atomic E-state index is 0.892. The van der Waals surface area contributed by atoms with Crippen molar-refractivity contribution in [2.45, 2.75) is 25.7 Å². The Hall–Kier alpha value is -9.24. The predicted octanol–water partition coefficient (Wildman–Crippen LogP) is 19.0. The third-order valence-corrected chi connectivity index (χ3v) is 14.9. The van der Waals surface area contributed by atoms with Gasteiger partial charge in [0.1, 0.15) is 0 Å². The quantitative estimate of drug-likeness (QED) is 0.0792. The number of rotatable bonds is 14. The molecule has 0 unspecified atom stereocenters. The first kappa shape index (κ1) is 44.7. The summed E-state index contributed by atoms with van der Waals surface area (Å²) in [6.07, 6.45) is 3.57. The number of hydrogen-bond acceptors (Lipinski definition) is 2. The van der Waals surface area contributed by atoms with Crippen LogP contribution in [0.4, 0.5) is 34.1 Å². The van der Waals surface area contributed by atoms with E-state index < -0.39 is 0 Å². The smallest absolute Gasteiger partial charge is 0.0540 e. The zero-order chi connectivity index (χ0) is 49.2. The van der Waals surface area contributed by atoms with Crippen molar-refractivity contribution in [2.75, 3.05) is 9.80 Å². The van der Waals surface area contributed by atoms with Crippen molar-refractivity contribution in [3.8, 4) is 0 Å². The van der Waals surface area contributed by atoms with E-state index in [1.165, 1.54) is 87.6 Å².